The molecule has 0 bridgehead atoms. The summed E-state index contributed by atoms with van der Waals surface area (Å²) in [5.41, 5.74) is 2.25. The Morgan fingerprint density at radius 3 is 2.71 bits per heavy atom. The minimum Gasteiger partial charge on any atom is -0.384 e. The summed E-state index contributed by atoms with van der Waals surface area (Å²) >= 11 is 0. The fourth-order valence-corrected chi connectivity index (χ4v) is 2.13. The molecule has 92 valence electrons. The lowest BCUT2D eigenvalue weighted by Gasteiger charge is -2.15. The fraction of sp³-hybridized carbons (Fsp3) is 0.538. The average molecular weight is 234 g/mol. The standard InChI is InChI=1S/C13H18N2O2/c1-3-13(7-8-13)9-14-11-5-4-6-12(10(11)2)15(16)17/h4-6,14H,3,7-9H2,1-2H3. The maximum atomic E-state index is 10.8. The van der Waals surface area contributed by atoms with E-state index < -0.39 is 0 Å². The molecule has 0 atom stereocenters. The highest BCUT2D eigenvalue weighted by Crippen LogP contribution is 2.48. The van der Waals surface area contributed by atoms with Crippen molar-refractivity contribution < 1.29 is 4.92 Å². The molecule has 4 nitrogen and oxygen atoms in total. The van der Waals surface area contributed by atoms with Gasteiger partial charge < -0.3 is 5.32 Å². The van der Waals surface area contributed by atoms with Crippen molar-refractivity contribution in [3.63, 3.8) is 0 Å². The minimum absolute atomic E-state index is 0.191. The molecule has 1 fully saturated rings. The quantitative estimate of drug-likeness (QED) is 0.626. The Morgan fingerprint density at radius 2 is 2.18 bits per heavy atom. The van der Waals surface area contributed by atoms with E-state index in [1.54, 1.807) is 19.1 Å². The average Bonchev–Trinajstić information content (AvgIpc) is 3.08. The second kappa shape index (κ2) is 4.35. The maximum Gasteiger partial charge on any atom is 0.274 e. The van der Waals surface area contributed by atoms with Crippen molar-refractivity contribution in [2.45, 2.75) is 33.1 Å². The Labute approximate surface area is 101 Å². The number of nitro benzene ring substituents is 1. The normalized spacial score (nSPS) is 16.6. The summed E-state index contributed by atoms with van der Waals surface area (Å²) < 4.78 is 0. The van der Waals surface area contributed by atoms with Gasteiger partial charge in [-0.2, -0.15) is 0 Å². The van der Waals surface area contributed by atoms with Crippen molar-refractivity contribution in [1.29, 1.82) is 0 Å². The van der Waals surface area contributed by atoms with E-state index in [2.05, 4.69) is 12.2 Å². The minimum atomic E-state index is -0.326. The molecule has 2 rings (SSSR count). The van der Waals surface area contributed by atoms with Crippen molar-refractivity contribution in [3.05, 3.63) is 33.9 Å². The Hall–Kier alpha value is -1.58. The first-order valence-corrected chi connectivity index (χ1v) is 6.06. The van der Waals surface area contributed by atoms with Crippen LogP contribution in [-0.4, -0.2) is 11.5 Å². The van der Waals surface area contributed by atoms with Crippen LogP contribution in [0.3, 0.4) is 0 Å². The monoisotopic (exact) mass is 234 g/mol. The van der Waals surface area contributed by atoms with Gasteiger partial charge in [0.1, 0.15) is 0 Å². The maximum absolute atomic E-state index is 10.8. The molecule has 1 N–H and O–H groups in total. The van der Waals surface area contributed by atoms with E-state index in [4.69, 9.17) is 0 Å². The van der Waals surface area contributed by atoms with Gasteiger partial charge in [0.15, 0.2) is 0 Å². The van der Waals surface area contributed by atoms with Crippen LogP contribution in [-0.2, 0) is 0 Å². The van der Waals surface area contributed by atoms with E-state index >= 15 is 0 Å². The molecule has 1 aromatic carbocycles. The number of rotatable bonds is 5. The number of nitro groups is 1. The van der Waals surface area contributed by atoms with Gasteiger partial charge >= 0.3 is 0 Å². The predicted octanol–water partition coefficient (Wildman–Crippen LogP) is 3.51. The summed E-state index contributed by atoms with van der Waals surface area (Å²) in [5, 5.41) is 14.2. The van der Waals surface area contributed by atoms with Crippen molar-refractivity contribution >= 4 is 11.4 Å². The molecule has 1 aliphatic rings. The Balaban J connectivity index is 2.11. The number of benzene rings is 1. The van der Waals surface area contributed by atoms with Gasteiger partial charge in [0.2, 0.25) is 0 Å². The van der Waals surface area contributed by atoms with E-state index in [0.29, 0.717) is 5.41 Å². The molecule has 0 aromatic heterocycles. The molecule has 1 aliphatic carbocycles. The van der Waals surface area contributed by atoms with Gasteiger partial charge in [-0.15, -0.1) is 0 Å². The van der Waals surface area contributed by atoms with E-state index in [0.717, 1.165) is 17.8 Å². The molecular formula is C13H18N2O2. The van der Waals surface area contributed by atoms with Crippen molar-refractivity contribution in [2.24, 2.45) is 5.41 Å². The summed E-state index contributed by atoms with van der Waals surface area (Å²) in [6, 6.07) is 5.19. The van der Waals surface area contributed by atoms with Gasteiger partial charge in [0.05, 0.1) is 4.92 Å². The first kappa shape index (κ1) is 11.9. The largest absolute Gasteiger partial charge is 0.384 e. The van der Waals surface area contributed by atoms with Crippen LogP contribution in [0.5, 0.6) is 0 Å². The van der Waals surface area contributed by atoms with Gasteiger partial charge in [-0.25, -0.2) is 0 Å². The second-order valence-electron chi connectivity index (χ2n) is 4.91. The first-order valence-electron chi connectivity index (χ1n) is 6.06. The zero-order chi connectivity index (χ0) is 12.5. The summed E-state index contributed by atoms with van der Waals surface area (Å²) in [6.45, 7) is 4.92. The number of nitrogens with one attached hydrogen (secondary N) is 1. The lowest BCUT2D eigenvalue weighted by atomic mass is 10.0. The van der Waals surface area contributed by atoms with Crippen molar-refractivity contribution in [3.8, 4) is 0 Å². The summed E-state index contributed by atoms with van der Waals surface area (Å²) in [5.74, 6) is 0. The number of hydrogen-bond donors (Lipinski definition) is 1. The summed E-state index contributed by atoms with van der Waals surface area (Å²) in [7, 11) is 0. The van der Waals surface area contributed by atoms with Crippen LogP contribution in [0.4, 0.5) is 11.4 Å². The van der Waals surface area contributed by atoms with Crippen molar-refractivity contribution in [1.82, 2.24) is 0 Å². The number of anilines is 1. The van der Waals surface area contributed by atoms with E-state index in [1.165, 1.54) is 19.3 Å². The SMILES string of the molecule is CCC1(CNc2cccc([N+](=O)[O-])c2C)CC1. The van der Waals surface area contributed by atoms with Crippen LogP contribution < -0.4 is 5.32 Å². The number of hydrogen-bond acceptors (Lipinski definition) is 3. The van der Waals surface area contributed by atoms with Crippen LogP contribution in [0.2, 0.25) is 0 Å². The highest BCUT2D eigenvalue weighted by Gasteiger charge is 2.40. The number of nitrogens with zero attached hydrogens (tertiary/aromatic N) is 1. The Kier molecular flexibility index (Phi) is 3.05. The molecule has 0 spiro atoms. The molecule has 0 amide bonds. The molecule has 0 unspecified atom stereocenters. The van der Waals surface area contributed by atoms with Gasteiger partial charge in [0.25, 0.3) is 5.69 Å². The summed E-state index contributed by atoms with van der Waals surface area (Å²) in [6.07, 6.45) is 3.71. The van der Waals surface area contributed by atoms with Crippen LogP contribution >= 0.6 is 0 Å². The third kappa shape index (κ3) is 2.40. The van der Waals surface area contributed by atoms with E-state index in [9.17, 15) is 10.1 Å². The van der Waals surface area contributed by atoms with E-state index in [1.807, 2.05) is 6.07 Å². The lowest BCUT2D eigenvalue weighted by molar-refractivity contribution is -0.385. The molecule has 0 heterocycles. The Bertz CT molecular complexity index is 439. The van der Waals surface area contributed by atoms with Gasteiger partial charge in [-0.05, 0) is 37.7 Å². The molecular weight excluding hydrogens is 216 g/mol. The molecule has 1 aromatic rings. The van der Waals surface area contributed by atoms with Crippen LogP contribution in [0.15, 0.2) is 18.2 Å². The van der Waals surface area contributed by atoms with E-state index in [-0.39, 0.29) is 10.6 Å². The smallest absolute Gasteiger partial charge is 0.274 e. The van der Waals surface area contributed by atoms with Gasteiger partial charge in [-0.3, -0.25) is 10.1 Å². The fourth-order valence-electron chi connectivity index (χ4n) is 2.13. The molecule has 1 saturated carbocycles. The molecule has 0 saturated heterocycles. The lowest BCUT2D eigenvalue weighted by Crippen LogP contribution is -2.15. The molecule has 0 radical (unpaired) electrons. The first-order chi connectivity index (χ1) is 8.08. The van der Waals surface area contributed by atoms with Crippen LogP contribution in [0.1, 0.15) is 31.7 Å². The molecule has 17 heavy (non-hydrogen) atoms. The highest BCUT2D eigenvalue weighted by atomic mass is 16.6. The molecule has 4 heteroatoms. The third-order valence-electron chi connectivity index (χ3n) is 3.86. The predicted molar refractivity (Wildman–Crippen MR) is 68.3 cm³/mol. The summed E-state index contributed by atoms with van der Waals surface area (Å²) in [4.78, 5) is 10.5. The topological polar surface area (TPSA) is 55.2 Å². The third-order valence-corrected chi connectivity index (χ3v) is 3.86. The van der Waals surface area contributed by atoms with Crippen LogP contribution in [0, 0.1) is 22.5 Å². The van der Waals surface area contributed by atoms with Gasteiger partial charge in [0, 0.05) is 23.9 Å². The zero-order valence-corrected chi connectivity index (χ0v) is 10.3. The molecule has 0 aliphatic heterocycles. The Morgan fingerprint density at radius 1 is 1.47 bits per heavy atom. The second-order valence-corrected chi connectivity index (χ2v) is 4.91. The van der Waals surface area contributed by atoms with Crippen LogP contribution in [0.25, 0.3) is 0 Å². The highest BCUT2D eigenvalue weighted by molar-refractivity contribution is 5.59. The van der Waals surface area contributed by atoms with Gasteiger partial charge in [-0.1, -0.05) is 13.0 Å². The zero-order valence-electron chi connectivity index (χ0n) is 10.3. The van der Waals surface area contributed by atoms with Crippen molar-refractivity contribution in [2.75, 3.05) is 11.9 Å².